The van der Waals surface area contributed by atoms with Crippen molar-refractivity contribution in [3.63, 3.8) is 0 Å². The van der Waals surface area contributed by atoms with Crippen LogP contribution in [0.5, 0.6) is 0 Å². The quantitative estimate of drug-likeness (QED) is 0.451. The molecular formula is C28H46O2. The van der Waals surface area contributed by atoms with Gasteiger partial charge in [-0.15, -0.1) is 0 Å². The van der Waals surface area contributed by atoms with Crippen LogP contribution in [0, 0.1) is 52.3 Å². The number of aliphatic carboxylic acids is 1. The summed E-state index contributed by atoms with van der Waals surface area (Å²) in [5, 5.41) is 9.55. The minimum atomic E-state index is -0.582. The molecule has 0 bridgehead atoms. The van der Waals surface area contributed by atoms with Crippen LogP contribution in [-0.2, 0) is 4.79 Å². The lowest BCUT2D eigenvalue weighted by Crippen LogP contribution is -2.50. The number of rotatable bonds is 6. The summed E-state index contributed by atoms with van der Waals surface area (Å²) in [6.45, 7) is 12.4. The molecule has 2 heteroatoms. The van der Waals surface area contributed by atoms with Crippen LogP contribution in [0.15, 0.2) is 11.6 Å². The van der Waals surface area contributed by atoms with Gasteiger partial charge in [0.1, 0.15) is 0 Å². The Labute approximate surface area is 185 Å². The Morgan fingerprint density at radius 1 is 1.07 bits per heavy atom. The Bertz CT molecular complexity index is 678. The molecule has 0 unspecified atom stereocenters. The van der Waals surface area contributed by atoms with Crippen molar-refractivity contribution in [2.24, 2.45) is 52.3 Å². The molecule has 0 amide bonds. The van der Waals surface area contributed by atoms with Crippen molar-refractivity contribution >= 4 is 5.97 Å². The Morgan fingerprint density at radius 2 is 1.83 bits per heavy atom. The predicted octanol–water partition coefficient (Wildman–Crippen LogP) is 7.73. The number of carboxylic acid groups (broad SMARTS) is 1. The summed E-state index contributed by atoms with van der Waals surface area (Å²) in [5.41, 5.74) is 2.32. The normalized spacial score (nSPS) is 44.1. The minimum absolute atomic E-state index is 0.141. The Morgan fingerprint density at radius 3 is 2.53 bits per heavy atom. The van der Waals surface area contributed by atoms with Crippen molar-refractivity contribution in [2.45, 2.75) is 105 Å². The molecule has 0 spiro atoms. The number of carboxylic acids is 1. The molecule has 4 aliphatic rings. The summed E-state index contributed by atoms with van der Waals surface area (Å²) < 4.78 is 0. The van der Waals surface area contributed by atoms with Crippen molar-refractivity contribution in [3.05, 3.63) is 11.6 Å². The second-order valence-corrected chi connectivity index (χ2v) is 12.6. The molecule has 170 valence electrons. The highest BCUT2D eigenvalue weighted by Crippen LogP contribution is 2.67. The van der Waals surface area contributed by atoms with E-state index >= 15 is 0 Å². The van der Waals surface area contributed by atoms with E-state index in [1.807, 2.05) is 0 Å². The van der Waals surface area contributed by atoms with Crippen LogP contribution in [0.4, 0.5) is 0 Å². The number of hydrogen-bond donors (Lipinski definition) is 1. The zero-order valence-electron chi connectivity index (χ0n) is 20.3. The summed E-state index contributed by atoms with van der Waals surface area (Å²) in [5.74, 6) is 4.41. The third-order valence-electron chi connectivity index (χ3n) is 10.7. The second-order valence-electron chi connectivity index (χ2n) is 12.6. The first kappa shape index (κ1) is 22.4. The van der Waals surface area contributed by atoms with Crippen LogP contribution in [-0.4, -0.2) is 11.1 Å². The maximum Gasteiger partial charge on any atom is 0.306 e. The van der Waals surface area contributed by atoms with Crippen molar-refractivity contribution < 1.29 is 9.90 Å². The van der Waals surface area contributed by atoms with Crippen LogP contribution < -0.4 is 0 Å². The van der Waals surface area contributed by atoms with E-state index in [0.29, 0.717) is 5.41 Å². The summed E-state index contributed by atoms with van der Waals surface area (Å²) >= 11 is 0. The van der Waals surface area contributed by atoms with Crippen LogP contribution in [0.2, 0.25) is 0 Å². The van der Waals surface area contributed by atoms with Gasteiger partial charge in [-0.3, -0.25) is 4.79 Å². The van der Waals surface area contributed by atoms with Crippen LogP contribution in [0.25, 0.3) is 0 Å². The van der Waals surface area contributed by atoms with Crippen LogP contribution in [0.3, 0.4) is 0 Å². The van der Waals surface area contributed by atoms with E-state index in [4.69, 9.17) is 0 Å². The summed E-state index contributed by atoms with van der Waals surface area (Å²) in [6.07, 6.45) is 16.4. The fourth-order valence-electron chi connectivity index (χ4n) is 8.90. The van der Waals surface area contributed by atoms with Gasteiger partial charge in [0, 0.05) is 0 Å². The van der Waals surface area contributed by atoms with Crippen LogP contribution >= 0.6 is 0 Å². The van der Waals surface area contributed by atoms with E-state index in [2.05, 4.69) is 40.7 Å². The van der Waals surface area contributed by atoms with E-state index in [1.54, 1.807) is 0 Å². The molecule has 2 nitrogen and oxygen atoms in total. The first-order valence-electron chi connectivity index (χ1n) is 13.1. The molecule has 0 aliphatic heterocycles. The Kier molecular flexibility index (Phi) is 6.19. The molecule has 0 aromatic carbocycles. The van der Waals surface area contributed by atoms with E-state index in [-0.39, 0.29) is 11.3 Å². The molecule has 30 heavy (non-hydrogen) atoms. The van der Waals surface area contributed by atoms with E-state index in [1.165, 1.54) is 56.9 Å². The molecule has 0 aromatic rings. The van der Waals surface area contributed by atoms with Gasteiger partial charge in [-0.2, -0.15) is 0 Å². The third-order valence-corrected chi connectivity index (χ3v) is 10.7. The molecule has 0 heterocycles. The summed E-state index contributed by atoms with van der Waals surface area (Å²) in [6, 6.07) is 0. The van der Waals surface area contributed by atoms with Crippen molar-refractivity contribution in [3.8, 4) is 0 Å². The second kappa shape index (κ2) is 8.28. The topological polar surface area (TPSA) is 37.3 Å². The average molecular weight is 415 g/mol. The zero-order chi connectivity index (χ0) is 21.7. The molecule has 1 N–H and O–H groups in total. The number of hydrogen-bond acceptors (Lipinski definition) is 1. The molecule has 3 fully saturated rings. The third kappa shape index (κ3) is 3.69. The van der Waals surface area contributed by atoms with Crippen molar-refractivity contribution in [1.82, 2.24) is 0 Å². The van der Waals surface area contributed by atoms with Gasteiger partial charge in [0.05, 0.1) is 5.92 Å². The minimum Gasteiger partial charge on any atom is -0.481 e. The highest BCUT2D eigenvalue weighted by molar-refractivity contribution is 5.70. The average Bonchev–Trinajstić information content (AvgIpc) is 3.04. The van der Waals surface area contributed by atoms with Crippen molar-refractivity contribution in [2.75, 3.05) is 0 Å². The number of fused-ring (bicyclic) bond motifs is 5. The predicted molar refractivity (Wildman–Crippen MR) is 124 cm³/mol. The van der Waals surface area contributed by atoms with Gasteiger partial charge in [0.15, 0.2) is 0 Å². The smallest absolute Gasteiger partial charge is 0.306 e. The van der Waals surface area contributed by atoms with Gasteiger partial charge < -0.3 is 5.11 Å². The van der Waals surface area contributed by atoms with E-state index in [0.717, 1.165) is 54.8 Å². The maximum atomic E-state index is 11.6. The van der Waals surface area contributed by atoms with Gasteiger partial charge in [-0.25, -0.2) is 0 Å². The lowest BCUT2D eigenvalue weighted by molar-refractivity contribution is -0.143. The molecule has 0 aromatic heterocycles. The molecule has 4 rings (SSSR count). The van der Waals surface area contributed by atoms with Gasteiger partial charge >= 0.3 is 5.97 Å². The molecular weight excluding hydrogens is 368 g/mol. The van der Waals surface area contributed by atoms with Crippen molar-refractivity contribution in [1.29, 1.82) is 0 Å². The number of allylic oxidation sites excluding steroid dienone is 2. The fraction of sp³-hybridized carbons (Fsp3) is 0.893. The Balaban J connectivity index is 1.49. The van der Waals surface area contributed by atoms with Gasteiger partial charge in [-0.1, -0.05) is 65.5 Å². The first-order valence-corrected chi connectivity index (χ1v) is 13.1. The molecule has 0 saturated heterocycles. The highest BCUT2D eigenvalue weighted by atomic mass is 16.4. The van der Waals surface area contributed by atoms with Gasteiger partial charge in [0.25, 0.3) is 0 Å². The van der Waals surface area contributed by atoms with E-state index < -0.39 is 5.97 Å². The standard InChI is InChI=1S/C28H46O2/c1-18(2)7-6-8-19(3)23-11-12-24-22-10-9-21-17-20(26(29)30)13-15-27(21,4)25(22)14-16-28(23,24)5/h9,18-20,22-25H,6-8,10-17H2,1-5H3,(H,29,30)/t19-,20+,22-,23+,24-,25-,27-,28+/m0/s1. The van der Waals surface area contributed by atoms with E-state index in [9.17, 15) is 9.90 Å². The molecule has 4 aliphatic carbocycles. The van der Waals surface area contributed by atoms with Crippen LogP contribution in [0.1, 0.15) is 105 Å². The molecule has 0 radical (unpaired) electrons. The van der Waals surface area contributed by atoms with Gasteiger partial charge in [0.2, 0.25) is 0 Å². The molecule has 8 atom stereocenters. The first-order chi connectivity index (χ1) is 14.2. The lowest BCUT2D eigenvalue weighted by atomic mass is 9.46. The fourth-order valence-corrected chi connectivity index (χ4v) is 8.90. The Hall–Kier alpha value is -0.790. The lowest BCUT2D eigenvalue weighted by Gasteiger charge is -2.58. The van der Waals surface area contributed by atoms with Gasteiger partial charge in [-0.05, 0) is 97.7 Å². The monoisotopic (exact) mass is 414 g/mol. The summed E-state index contributed by atoms with van der Waals surface area (Å²) in [4.78, 5) is 11.6. The molecule has 3 saturated carbocycles. The highest BCUT2D eigenvalue weighted by Gasteiger charge is 2.59. The SMILES string of the molecule is CC(C)CCC[C@H](C)[C@H]1CC[C@H]2[C@@H]3CC=C4C[C@H](C(=O)O)CC[C@]4(C)[C@H]3CC[C@]12C. The maximum absolute atomic E-state index is 11.6. The number of carbonyl (C=O) groups is 1. The largest absolute Gasteiger partial charge is 0.481 e. The zero-order valence-corrected chi connectivity index (χ0v) is 20.3. The summed E-state index contributed by atoms with van der Waals surface area (Å²) in [7, 11) is 0.